The average Bonchev–Trinajstić information content (AvgIpc) is 2.29. The van der Waals surface area contributed by atoms with Crippen LogP contribution in [0.15, 0.2) is 0 Å². The van der Waals surface area contributed by atoms with Crippen molar-refractivity contribution in [2.45, 2.75) is 38.8 Å². The SMILES string of the molecule is CC(N)CC(C)N1CCCOCC1. The van der Waals surface area contributed by atoms with Gasteiger partial charge in [0.25, 0.3) is 0 Å². The van der Waals surface area contributed by atoms with E-state index in [4.69, 9.17) is 10.5 Å². The topological polar surface area (TPSA) is 38.5 Å². The first-order valence-electron chi connectivity index (χ1n) is 5.27. The van der Waals surface area contributed by atoms with Crippen molar-refractivity contribution in [3.63, 3.8) is 0 Å². The Balaban J connectivity index is 2.30. The summed E-state index contributed by atoms with van der Waals surface area (Å²) < 4.78 is 5.41. The minimum atomic E-state index is 0.305. The normalized spacial score (nSPS) is 25.2. The molecule has 1 fully saturated rings. The molecule has 0 radical (unpaired) electrons. The van der Waals surface area contributed by atoms with Gasteiger partial charge in [-0.3, -0.25) is 4.90 Å². The molecule has 1 aliphatic heterocycles. The molecule has 0 aromatic carbocycles. The monoisotopic (exact) mass is 186 g/mol. The van der Waals surface area contributed by atoms with E-state index in [0.717, 1.165) is 39.1 Å². The van der Waals surface area contributed by atoms with Gasteiger partial charge in [-0.05, 0) is 26.7 Å². The van der Waals surface area contributed by atoms with Gasteiger partial charge in [0.1, 0.15) is 0 Å². The molecule has 2 unspecified atom stereocenters. The molecular weight excluding hydrogens is 164 g/mol. The molecule has 1 saturated heterocycles. The summed E-state index contributed by atoms with van der Waals surface area (Å²) in [4.78, 5) is 2.48. The zero-order valence-electron chi connectivity index (χ0n) is 8.83. The van der Waals surface area contributed by atoms with Gasteiger partial charge < -0.3 is 10.5 Å². The second-order valence-electron chi connectivity index (χ2n) is 4.06. The lowest BCUT2D eigenvalue weighted by atomic mass is 10.1. The first-order valence-corrected chi connectivity index (χ1v) is 5.27. The fourth-order valence-electron chi connectivity index (χ4n) is 1.89. The minimum absolute atomic E-state index is 0.305. The summed E-state index contributed by atoms with van der Waals surface area (Å²) in [6.45, 7) is 8.35. The smallest absolute Gasteiger partial charge is 0.0593 e. The Hall–Kier alpha value is -0.120. The van der Waals surface area contributed by atoms with Crippen molar-refractivity contribution in [1.82, 2.24) is 4.90 Å². The van der Waals surface area contributed by atoms with Crippen LogP contribution in [-0.4, -0.2) is 43.3 Å². The van der Waals surface area contributed by atoms with E-state index in [2.05, 4.69) is 18.7 Å². The lowest BCUT2D eigenvalue weighted by Crippen LogP contribution is -2.38. The third-order valence-corrected chi connectivity index (χ3v) is 2.59. The molecule has 3 nitrogen and oxygen atoms in total. The lowest BCUT2D eigenvalue weighted by molar-refractivity contribution is 0.131. The van der Waals surface area contributed by atoms with Crippen molar-refractivity contribution in [3.05, 3.63) is 0 Å². The molecule has 0 bridgehead atoms. The number of nitrogens with zero attached hydrogens (tertiary/aromatic N) is 1. The molecular formula is C10H22N2O. The summed E-state index contributed by atoms with van der Waals surface area (Å²) in [5, 5.41) is 0. The zero-order chi connectivity index (χ0) is 9.68. The van der Waals surface area contributed by atoms with E-state index in [1.165, 1.54) is 0 Å². The quantitative estimate of drug-likeness (QED) is 0.709. The molecule has 0 amide bonds. The van der Waals surface area contributed by atoms with Crippen LogP contribution in [0.1, 0.15) is 26.7 Å². The first kappa shape index (κ1) is 11.0. The molecule has 0 aliphatic carbocycles. The minimum Gasteiger partial charge on any atom is -0.380 e. The van der Waals surface area contributed by atoms with E-state index in [0.29, 0.717) is 12.1 Å². The maximum Gasteiger partial charge on any atom is 0.0593 e. The molecule has 0 saturated carbocycles. The van der Waals surface area contributed by atoms with Crippen LogP contribution in [0.2, 0.25) is 0 Å². The molecule has 2 N–H and O–H groups in total. The third-order valence-electron chi connectivity index (χ3n) is 2.59. The summed E-state index contributed by atoms with van der Waals surface area (Å²) in [6.07, 6.45) is 2.24. The summed E-state index contributed by atoms with van der Waals surface area (Å²) in [5.74, 6) is 0. The maximum absolute atomic E-state index is 5.78. The number of hydrogen-bond donors (Lipinski definition) is 1. The van der Waals surface area contributed by atoms with E-state index in [-0.39, 0.29) is 0 Å². The van der Waals surface area contributed by atoms with Crippen LogP contribution < -0.4 is 5.73 Å². The van der Waals surface area contributed by atoms with Gasteiger partial charge >= 0.3 is 0 Å². The standard InChI is InChI=1S/C10H22N2O/c1-9(11)8-10(2)12-4-3-6-13-7-5-12/h9-10H,3-8,11H2,1-2H3. The molecule has 1 aliphatic rings. The second kappa shape index (κ2) is 5.58. The maximum atomic E-state index is 5.78. The zero-order valence-corrected chi connectivity index (χ0v) is 8.83. The fourth-order valence-corrected chi connectivity index (χ4v) is 1.89. The van der Waals surface area contributed by atoms with E-state index in [1.807, 2.05) is 0 Å². The molecule has 0 aromatic rings. The van der Waals surface area contributed by atoms with E-state index in [1.54, 1.807) is 0 Å². The van der Waals surface area contributed by atoms with Crippen molar-refractivity contribution in [2.75, 3.05) is 26.3 Å². The van der Waals surface area contributed by atoms with E-state index < -0.39 is 0 Å². The molecule has 78 valence electrons. The van der Waals surface area contributed by atoms with Crippen LogP contribution in [0, 0.1) is 0 Å². The van der Waals surface area contributed by atoms with Gasteiger partial charge in [0.05, 0.1) is 6.61 Å². The van der Waals surface area contributed by atoms with Gasteiger partial charge in [-0.1, -0.05) is 0 Å². The average molecular weight is 186 g/mol. The predicted molar refractivity (Wildman–Crippen MR) is 54.7 cm³/mol. The highest BCUT2D eigenvalue weighted by atomic mass is 16.5. The molecule has 2 atom stereocenters. The van der Waals surface area contributed by atoms with Gasteiger partial charge in [0.15, 0.2) is 0 Å². The number of hydrogen-bond acceptors (Lipinski definition) is 3. The van der Waals surface area contributed by atoms with Crippen LogP contribution in [0.3, 0.4) is 0 Å². The van der Waals surface area contributed by atoms with Crippen molar-refractivity contribution < 1.29 is 4.74 Å². The van der Waals surface area contributed by atoms with E-state index in [9.17, 15) is 0 Å². The summed E-state index contributed by atoms with van der Waals surface area (Å²) >= 11 is 0. The highest BCUT2D eigenvalue weighted by molar-refractivity contribution is 4.72. The number of rotatable bonds is 3. The van der Waals surface area contributed by atoms with Crippen LogP contribution in [0.25, 0.3) is 0 Å². The summed E-state index contributed by atoms with van der Waals surface area (Å²) in [6, 6.07) is 0.904. The Bertz CT molecular complexity index is 131. The van der Waals surface area contributed by atoms with Crippen molar-refractivity contribution in [1.29, 1.82) is 0 Å². The molecule has 0 aromatic heterocycles. The van der Waals surface area contributed by atoms with Crippen LogP contribution in [0.5, 0.6) is 0 Å². The van der Waals surface area contributed by atoms with Gasteiger partial charge in [-0.15, -0.1) is 0 Å². The Labute approximate surface area is 81.2 Å². The second-order valence-corrected chi connectivity index (χ2v) is 4.06. The van der Waals surface area contributed by atoms with Crippen molar-refractivity contribution >= 4 is 0 Å². The summed E-state index contributed by atoms with van der Waals surface area (Å²) in [7, 11) is 0. The van der Waals surface area contributed by atoms with Crippen molar-refractivity contribution in [3.8, 4) is 0 Å². The number of nitrogens with two attached hydrogens (primary N) is 1. The molecule has 13 heavy (non-hydrogen) atoms. The Morgan fingerprint density at radius 3 is 2.77 bits per heavy atom. The van der Waals surface area contributed by atoms with Crippen LogP contribution in [-0.2, 0) is 4.74 Å². The molecule has 3 heteroatoms. The molecule has 1 heterocycles. The Morgan fingerprint density at radius 2 is 2.08 bits per heavy atom. The molecule has 1 rings (SSSR count). The predicted octanol–water partition coefficient (Wildman–Crippen LogP) is 0.834. The Kier molecular flexibility index (Phi) is 4.70. The first-order chi connectivity index (χ1) is 6.20. The highest BCUT2D eigenvalue weighted by Gasteiger charge is 2.16. The van der Waals surface area contributed by atoms with Crippen LogP contribution >= 0.6 is 0 Å². The summed E-state index contributed by atoms with van der Waals surface area (Å²) in [5.41, 5.74) is 5.78. The van der Waals surface area contributed by atoms with Crippen molar-refractivity contribution in [2.24, 2.45) is 5.73 Å². The Morgan fingerprint density at radius 1 is 1.31 bits per heavy atom. The largest absolute Gasteiger partial charge is 0.380 e. The fraction of sp³-hybridized carbons (Fsp3) is 1.00. The van der Waals surface area contributed by atoms with Crippen LogP contribution in [0.4, 0.5) is 0 Å². The highest BCUT2D eigenvalue weighted by Crippen LogP contribution is 2.08. The van der Waals surface area contributed by atoms with Gasteiger partial charge in [-0.25, -0.2) is 0 Å². The lowest BCUT2D eigenvalue weighted by Gasteiger charge is -2.28. The molecule has 0 spiro atoms. The van der Waals surface area contributed by atoms with Gasteiger partial charge in [0, 0.05) is 31.8 Å². The third kappa shape index (κ3) is 4.07. The number of ether oxygens (including phenoxy) is 1. The van der Waals surface area contributed by atoms with Gasteiger partial charge in [-0.2, -0.15) is 0 Å². The van der Waals surface area contributed by atoms with E-state index >= 15 is 0 Å². The van der Waals surface area contributed by atoms with Gasteiger partial charge in [0.2, 0.25) is 0 Å².